The van der Waals surface area contributed by atoms with Crippen LogP contribution in [0.1, 0.15) is 18.9 Å². The highest BCUT2D eigenvalue weighted by molar-refractivity contribution is 7.99. The largest absolute Gasteiger partial charge is 0.454 e. The number of nitrogen functional groups attached to an aromatic ring is 1. The topological polar surface area (TPSA) is 104 Å². The summed E-state index contributed by atoms with van der Waals surface area (Å²) in [7, 11) is 0. The van der Waals surface area contributed by atoms with Crippen molar-refractivity contribution >= 4 is 34.5 Å². The van der Waals surface area contributed by atoms with Gasteiger partial charge in [0.05, 0.1) is 5.52 Å². The first-order chi connectivity index (χ1) is 13.5. The maximum Gasteiger partial charge on any atom is 0.231 e. The first-order valence-corrected chi connectivity index (χ1v) is 9.78. The highest BCUT2D eigenvalue weighted by atomic mass is 32.2. The van der Waals surface area contributed by atoms with Gasteiger partial charge in [-0.2, -0.15) is 0 Å². The number of benzene rings is 1. The van der Waals surface area contributed by atoms with Gasteiger partial charge in [0.1, 0.15) is 5.52 Å². The molecule has 28 heavy (non-hydrogen) atoms. The predicted molar refractivity (Wildman–Crippen MR) is 107 cm³/mol. The molecule has 146 valence electrons. The van der Waals surface area contributed by atoms with E-state index in [4.69, 9.17) is 20.2 Å². The minimum atomic E-state index is -0.0329. The van der Waals surface area contributed by atoms with Gasteiger partial charge in [0.15, 0.2) is 22.5 Å². The molecule has 3 N–H and O–H groups in total. The Bertz CT molecular complexity index is 1050. The van der Waals surface area contributed by atoms with Gasteiger partial charge in [-0.3, -0.25) is 4.79 Å². The smallest absolute Gasteiger partial charge is 0.231 e. The van der Waals surface area contributed by atoms with Crippen LogP contribution in [0.2, 0.25) is 0 Å². The Morgan fingerprint density at radius 1 is 1.36 bits per heavy atom. The van der Waals surface area contributed by atoms with Crippen LogP contribution in [-0.2, 0) is 11.3 Å². The van der Waals surface area contributed by atoms with Gasteiger partial charge in [-0.05, 0) is 37.1 Å². The van der Waals surface area contributed by atoms with E-state index in [1.807, 2.05) is 25.1 Å². The molecule has 9 heteroatoms. The number of rotatable bonds is 6. The Hall–Kier alpha value is -2.94. The summed E-state index contributed by atoms with van der Waals surface area (Å²) in [5.74, 6) is 1.87. The molecule has 0 fully saturated rings. The van der Waals surface area contributed by atoms with E-state index in [9.17, 15) is 4.79 Å². The minimum Gasteiger partial charge on any atom is -0.454 e. The second-order valence-corrected chi connectivity index (χ2v) is 7.53. The number of ether oxygens (including phenoxy) is 2. The van der Waals surface area contributed by atoms with Crippen molar-refractivity contribution in [2.24, 2.45) is 0 Å². The van der Waals surface area contributed by atoms with Gasteiger partial charge in [-0.25, -0.2) is 9.97 Å². The number of nitrogens with one attached hydrogen (secondary N) is 1. The zero-order valence-electron chi connectivity index (χ0n) is 15.7. The number of aryl methyl sites for hydroxylation is 2. The zero-order valence-corrected chi connectivity index (χ0v) is 16.5. The van der Waals surface area contributed by atoms with E-state index >= 15 is 0 Å². The molecule has 0 saturated carbocycles. The third kappa shape index (κ3) is 3.57. The van der Waals surface area contributed by atoms with Crippen LogP contribution in [0.3, 0.4) is 0 Å². The average molecular weight is 399 g/mol. The van der Waals surface area contributed by atoms with Gasteiger partial charge in [-0.15, -0.1) is 0 Å². The summed E-state index contributed by atoms with van der Waals surface area (Å²) in [5, 5.41) is 3.65. The SMILES string of the molecule is CC(=O)NCCCn1c(Sc2cc3c(cc2C)OCO3)nc2c(N)nccc21. The lowest BCUT2D eigenvalue weighted by Gasteiger charge is -2.11. The van der Waals surface area contributed by atoms with Crippen molar-refractivity contribution in [3.8, 4) is 11.5 Å². The number of fused-ring (bicyclic) bond motifs is 2. The molecule has 1 aromatic carbocycles. The normalized spacial score (nSPS) is 12.5. The Balaban J connectivity index is 1.67. The lowest BCUT2D eigenvalue weighted by molar-refractivity contribution is -0.118. The van der Waals surface area contributed by atoms with Crippen LogP contribution in [0.15, 0.2) is 34.4 Å². The third-order valence-electron chi connectivity index (χ3n) is 4.46. The number of nitrogens with two attached hydrogens (primary N) is 1. The van der Waals surface area contributed by atoms with Gasteiger partial charge >= 0.3 is 0 Å². The Morgan fingerprint density at radius 2 is 2.14 bits per heavy atom. The Labute approximate surface area is 166 Å². The Kier molecular flexibility index (Phi) is 4.99. The van der Waals surface area contributed by atoms with Crippen molar-refractivity contribution in [1.82, 2.24) is 19.9 Å². The van der Waals surface area contributed by atoms with Crippen LogP contribution in [-0.4, -0.2) is 33.8 Å². The van der Waals surface area contributed by atoms with Crippen LogP contribution in [0.4, 0.5) is 5.82 Å². The fourth-order valence-electron chi connectivity index (χ4n) is 3.08. The van der Waals surface area contributed by atoms with Crippen LogP contribution >= 0.6 is 11.8 Å². The zero-order chi connectivity index (χ0) is 19.7. The van der Waals surface area contributed by atoms with Crippen molar-refractivity contribution in [3.63, 3.8) is 0 Å². The number of nitrogens with zero attached hydrogens (tertiary/aromatic N) is 3. The van der Waals surface area contributed by atoms with Gasteiger partial charge < -0.3 is 25.1 Å². The number of aromatic nitrogens is 3. The molecule has 0 atom stereocenters. The van der Waals surface area contributed by atoms with Gasteiger partial charge in [0.25, 0.3) is 0 Å². The summed E-state index contributed by atoms with van der Waals surface area (Å²) in [6.45, 7) is 5.09. The second-order valence-electron chi connectivity index (χ2n) is 6.52. The van der Waals surface area contributed by atoms with E-state index in [0.29, 0.717) is 24.4 Å². The Morgan fingerprint density at radius 3 is 2.93 bits per heavy atom. The van der Waals surface area contributed by atoms with E-state index in [2.05, 4.69) is 14.9 Å². The fraction of sp³-hybridized carbons (Fsp3) is 0.316. The highest BCUT2D eigenvalue weighted by Gasteiger charge is 2.19. The molecular formula is C19H21N5O3S. The lowest BCUT2D eigenvalue weighted by Crippen LogP contribution is -2.22. The summed E-state index contributed by atoms with van der Waals surface area (Å²) in [5.41, 5.74) is 8.73. The lowest BCUT2D eigenvalue weighted by atomic mass is 10.2. The number of imidazole rings is 1. The maximum atomic E-state index is 11.1. The molecule has 1 aliphatic heterocycles. The first kappa shape index (κ1) is 18.4. The molecule has 2 aromatic heterocycles. The third-order valence-corrected chi connectivity index (χ3v) is 5.62. The van der Waals surface area contributed by atoms with Crippen LogP contribution in [0.5, 0.6) is 11.5 Å². The number of amides is 1. The molecule has 3 heterocycles. The molecule has 0 spiro atoms. The van der Waals surface area contributed by atoms with E-state index < -0.39 is 0 Å². The molecule has 0 aliphatic carbocycles. The summed E-state index contributed by atoms with van der Waals surface area (Å²) >= 11 is 1.55. The highest BCUT2D eigenvalue weighted by Crippen LogP contribution is 2.41. The first-order valence-electron chi connectivity index (χ1n) is 8.96. The van der Waals surface area contributed by atoms with Crippen LogP contribution in [0, 0.1) is 6.92 Å². The van der Waals surface area contributed by atoms with Crippen LogP contribution in [0.25, 0.3) is 11.0 Å². The summed E-state index contributed by atoms with van der Waals surface area (Å²) in [4.78, 5) is 21.0. The molecule has 0 radical (unpaired) electrons. The predicted octanol–water partition coefficient (Wildman–Crippen LogP) is 2.73. The van der Waals surface area contributed by atoms with Crippen molar-refractivity contribution < 1.29 is 14.3 Å². The fourth-order valence-corrected chi connectivity index (χ4v) is 4.10. The summed E-state index contributed by atoms with van der Waals surface area (Å²) < 4.78 is 13.1. The molecule has 8 nitrogen and oxygen atoms in total. The van der Waals surface area contributed by atoms with Crippen molar-refractivity contribution in [3.05, 3.63) is 30.0 Å². The van der Waals surface area contributed by atoms with E-state index in [-0.39, 0.29) is 12.7 Å². The van der Waals surface area contributed by atoms with Crippen LogP contribution < -0.4 is 20.5 Å². The maximum absolute atomic E-state index is 11.1. The molecule has 0 saturated heterocycles. The van der Waals surface area contributed by atoms with Gasteiger partial charge in [-0.1, -0.05) is 11.8 Å². The van der Waals surface area contributed by atoms with Crippen molar-refractivity contribution in [1.29, 1.82) is 0 Å². The number of pyridine rings is 1. The van der Waals surface area contributed by atoms with Crippen molar-refractivity contribution in [2.75, 3.05) is 19.1 Å². The summed E-state index contributed by atoms with van der Waals surface area (Å²) in [6, 6.07) is 5.86. The van der Waals surface area contributed by atoms with E-state index in [1.165, 1.54) is 6.92 Å². The number of hydrogen-bond donors (Lipinski definition) is 2. The minimum absolute atomic E-state index is 0.0329. The molecule has 0 unspecified atom stereocenters. The quantitative estimate of drug-likeness (QED) is 0.614. The molecular weight excluding hydrogens is 378 g/mol. The standard InChI is InChI=1S/C19H21N5O3S/c1-11-8-14-15(27-10-26-14)9-16(11)28-19-23-17-13(4-6-22-18(17)20)24(19)7-3-5-21-12(2)25/h4,6,8-9H,3,5,7,10H2,1-2H3,(H2,20,22)(H,21,25). The van der Waals surface area contributed by atoms with E-state index in [1.54, 1.807) is 18.0 Å². The average Bonchev–Trinajstić information content (AvgIpc) is 3.24. The summed E-state index contributed by atoms with van der Waals surface area (Å²) in [6.07, 6.45) is 2.46. The molecule has 1 amide bonds. The molecule has 1 aliphatic rings. The number of carbonyl (C=O) groups is 1. The van der Waals surface area contributed by atoms with Gasteiger partial charge in [0, 0.05) is 31.1 Å². The molecule has 3 aromatic rings. The number of carbonyl (C=O) groups excluding carboxylic acids is 1. The molecule has 0 bridgehead atoms. The van der Waals surface area contributed by atoms with E-state index in [0.717, 1.165) is 39.1 Å². The monoisotopic (exact) mass is 399 g/mol. The number of anilines is 1. The van der Waals surface area contributed by atoms with Crippen molar-refractivity contribution in [2.45, 2.75) is 36.9 Å². The molecule has 4 rings (SSSR count). The van der Waals surface area contributed by atoms with Gasteiger partial charge in [0.2, 0.25) is 12.7 Å². The number of hydrogen-bond acceptors (Lipinski definition) is 7. The second kappa shape index (κ2) is 7.59.